The van der Waals surface area contributed by atoms with Crippen molar-refractivity contribution in [3.05, 3.63) is 0 Å². The van der Waals surface area contributed by atoms with Crippen LogP contribution in [0, 0.1) is 0 Å². The van der Waals surface area contributed by atoms with E-state index in [-0.39, 0.29) is 6.61 Å². The lowest BCUT2D eigenvalue weighted by atomic mass is 10.0. The first-order valence-corrected chi connectivity index (χ1v) is 6.03. The minimum Gasteiger partial charge on any atom is -0.394 e. The van der Waals surface area contributed by atoms with Crippen LogP contribution in [0.4, 0.5) is 0 Å². The molecule has 0 aromatic carbocycles. The van der Waals surface area contributed by atoms with Gasteiger partial charge >= 0.3 is 0 Å². The van der Waals surface area contributed by atoms with Crippen molar-refractivity contribution >= 4 is 0 Å². The number of ether oxygens (including phenoxy) is 4. The zero-order valence-corrected chi connectivity index (χ0v) is 10.3. The van der Waals surface area contributed by atoms with Crippen LogP contribution in [-0.2, 0) is 18.9 Å². The Balaban J connectivity index is 2.01. The van der Waals surface area contributed by atoms with Crippen molar-refractivity contribution < 1.29 is 49.6 Å². The fraction of sp³-hybridized carbons (Fsp3) is 1.00. The van der Waals surface area contributed by atoms with Crippen molar-refractivity contribution in [2.24, 2.45) is 0 Å². The Morgan fingerprint density at radius 3 is 2.10 bits per heavy atom. The van der Waals surface area contributed by atoms with Crippen LogP contribution in [0.25, 0.3) is 0 Å². The average Bonchev–Trinajstić information content (AvgIpc) is 2.43. The second kappa shape index (κ2) is 6.58. The second-order valence-electron chi connectivity index (χ2n) is 4.52. The molecule has 10 nitrogen and oxygen atoms in total. The maximum Gasteiger partial charge on any atom is 0.207 e. The molecule has 6 N–H and O–H groups in total. The molecule has 118 valence electrons. The molecule has 8 atom stereocenters. The lowest BCUT2D eigenvalue weighted by molar-refractivity contribution is -0.372. The standard InChI is InChI=1S/C10H18O10/c11-1-3-6(20-10(16)9(15)18-3)5(12)4-2-17-7(13)8(14)19-4/h3-16H,1-2H2/t3-,4-,5-,6-,7?,8?,9?,10?/m1/s1. The summed E-state index contributed by atoms with van der Waals surface area (Å²) in [6, 6.07) is 0. The van der Waals surface area contributed by atoms with E-state index in [2.05, 4.69) is 0 Å². The molecule has 2 saturated heterocycles. The van der Waals surface area contributed by atoms with Crippen LogP contribution < -0.4 is 0 Å². The highest BCUT2D eigenvalue weighted by atomic mass is 16.7. The van der Waals surface area contributed by atoms with Crippen molar-refractivity contribution in [2.45, 2.75) is 49.6 Å². The number of rotatable bonds is 3. The molecule has 0 aromatic heterocycles. The molecule has 2 heterocycles. The third-order valence-corrected chi connectivity index (χ3v) is 3.11. The molecule has 0 amide bonds. The highest BCUT2D eigenvalue weighted by Crippen LogP contribution is 2.25. The van der Waals surface area contributed by atoms with Gasteiger partial charge in [0.25, 0.3) is 0 Å². The van der Waals surface area contributed by atoms with Gasteiger partial charge in [0.2, 0.25) is 25.2 Å². The van der Waals surface area contributed by atoms with E-state index in [1.165, 1.54) is 0 Å². The maximum atomic E-state index is 10.1. The molecule has 20 heavy (non-hydrogen) atoms. The van der Waals surface area contributed by atoms with Gasteiger partial charge in [0, 0.05) is 0 Å². The predicted octanol–water partition coefficient (Wildman–Crippen LogP) is -4.19. The molecule has 0 aromatic rings. The summed E-state index contributed by atoms with van der Waals surface area (Å²) < 4.78 is 19.6. The summed E-state index contributed by atoms with van der Waals surface area (Å²) in [4.78, 5) is 0. The van der Waals surface area contributed by atoms with E-state index in [4.69, 9.17) is 29.2 Å². The van der Waals surface area contributed by atoms with E-state index in [9.17, 15) is 20.4 Å². The highest BCUT2D eigenvalue weighted by molar-refractivity contribution is 4.88. The Bertz CT molecular complexity index is 314. The molecule has 10 heteroatoms. The van der Waals surface area contributed by atoms with E-state index in [0.29, 0.717) is 0 Å². The summed E-state index contributed by atoms with van der Waals surface area (Å²) in [6.45, 7) is -0.819. The molecule has 2 fully saturated rings. The molecule has 0 spiro atoms. The van der Waals surface area contributed by atoms with Crippen LogP contribution in [0.2, 0.25) is 0 Å². The van der Waals surface area contributed by atoms with Crippen LogP contribution in [0.1, 0.15) is 0 Å². The summed E-state index contributed by atoms with van der Waals surface area (Å²) >= 11 is 0. The normalized spacial score (nSPS) is 48.0. The fourth-order valence-corrected chi connectivity index (χ4v) is 2.04. The Kier molecular flexibility index (Phi) is 5.25. The molecule has 0 saturated carbocycles. The predicted molar refractivity (Wildman–Crippen MR) is 57.7 cm³/mol. The Labute approximate surface area is 113 Å². The number of aliphatic hydroxyl groups is 6. The molecular formula is C10H18O10. The summed E-state index contributed by atoms with van der Waals surface area (Å²) in [5.41, 5.74) is 0. The SMILES string of the molecule is OC[C@H]1OC(O)C(O)O[C@H]1[C@H](O)[C@H]1COC(O)C(O)O1. The molecule has 0 aliphatic carbocycles. The summed E-state index contributed by atoms with van der Waals surface area (Å²) in [5, 5.41) is 56.2. The van der Waals surface area contributed by atoms with Gasteiger partial charge in [0.1, 0.15) is 24.4 Å². The van der Waals surface area contributed by atoms with Gasteiger partial charge in [-0.15, -0.1) is 0 Å². The van der Waals surface area contributed by atoms with Crippen LogP contribution in [-0.4, -0.2) is 93.4 Å². The van der Waals surface area contributed by atoms with E-state index in [1.807, 2.05) is 0 Å². The third-order valence-electron chi connectivity index (χ3n) is 3.11. The lowest BCUT2D eigenvalue weighted by Crippen LogP contribution is -2.60. The Hall–Kier alpha value is -0.400. The van der Waals surface area contributed by atoms with Crippen LogP contribution in [0.15, 0.2) is 0 Å². The fourth-order valence-electron chi connectivity index (χ4n) is 2.04. The van der Waals surface area contributed by atoms with Gasteiger partial charge in [-0.2, -0.15) is 0 Å². The highest BCUT2D eigenvalue weighted by Gasteiger charge is 2.45. The summed E-state index contributed by atoms with van der Waals surface area (Å²) in [7, 11) is 0. The first kappa shape index (κ1) is 16.0. The second-order valence-corrected chi connectivity index (χ2v) is 4.52. The Morgan fingerprint density at radius 1 is 0.900 bits per heavy atom. The maximum absolute atomic E-state index is 10.1. The van der Waals surface area contributed by atoms with E-state index >= 15 is 0 Å². The van der Waals surface area contributed by atoms with E-state index in [1.54, 1.807) is 0 Å². The van der Waals surface area contributed by atoms with Crippen LogP contribution >= 0.6 is 0 Å². The minimum atomic E-state index is -1.70. The van der Waals surface area contributed by atoms with E-state index in [0.717, 1.165) is 0 Å². The smallest absolute Gasteiger partial charge is 0.207 e. The van der Waals surface area contributed by atoms with Gasteiger partial charge in [0.15, 0.2) is 0 Å². The van der Waals surface area contributed by atoms with Crippen molar-refractivity contribution in [3.8, 4) is 0 Å². The molecule has 2 aliphatic heterocycles. The number of hydrogen-bond acceptors (Lipinski definition) is 10. The zero-order chi connectivity index (χ0) is 14.9. The molecule has 4 unspecified atom stereocenters. The quantitative estimate of drug-likeness (QED) is 0.302. The number of aliphatic hydroxyl groups excluding tert-OH is 6. The third kappa shape index (κ3) is 3.26. The molecular weight excluding hydrogens is 280 g/mol. The van der Waals surface area contributed by atoms with Gasteiger partial charge < -0.3 is 49.6 Å². The van der Waals surface area contributed by atoms with Crippen molar-refractivity contribution in [3.63, 3.8) is 0 Å². The first-order chi connectivity index (χ1) is 9.43. The Morgan fingerprint density at radius 2 is 1.50 bits per heavy atom. The number of hydrogen-bond donors (Lipinski definition) is 6. The lowest BCUT2D eigenvalue weighted by Gasteiger charge is -2.42. The van der Waals surface area contributed by atoms with E-state index < -0.39 is 56.2 Å². The summed E-state index contributed by atoms with van der Waals surface area (Å²) in [6.07, 6.45) is -11.3. The summed E-state index contributed by atoms with van der Waals surface area (Å²) in [5.74, 6) is 0. The van der Waals surface area contributed by atoms with Crippen molar-refractivity contribution in [2.75, 3.05) is 13.2 Å². The molecule has 0 bridgehead atoms. The van der Waals surface area contributed by atoms with Crippen molar-refractivity contribution in [1.82, 2.24) is 0 Å². The largest absolute Gasteiger partial charge is 0.394 e. The monoisotopic (exact) mass is 298 g/mol. The van der Waals surface area contributed by atoms with Gasteiger partial charge in [-0.05, 0) is 0 Å². The molecule has 2 aliphatic rings. The minimum absolute atomic E-state index is 0.240. The molecule has 2 rings (SSSR count). The van der Waals surface area contributed by atoms with Gasteiger partial charge in [0.05, 0.1) is 13.2 Å². The van der Waals surface area contributed by atoms with Gasteiger partial charge in [-0.25, -0.2) is 0 Å². The van der Waals surface area contributed by atoms with Crippen LogP contribution in [0.3, 0.4) is 0 Å². The topological polar surface area (TPSA) is 158 Å². The van der Waals surface area contributed by atoms with Crippen LogP contribution in [0.5, 0.6) is 0 Å². The van der Waals surface area contributed by atoms with Gasteiger partial charge in [-0.1, -0.05) is 0 Å². The molecule has 0 radical (unpaired) electrons. The average molecular weight is 298 g/mol. The first-order valence-electron chi connectivity index (χ1n) is 6.03. The van der Waals surface area contributed by atoms with Crippen molar-refractivity contribution in [1.29, 1.82) is 0 Å². The zero-order valence-electron chi connectivity index (χ0n) is 10.3. The van der Waals surface area contributed by atoms with Gasteiger partial charge in [-0.3, -0.25) is 0 Å².